The van der Waals surface area contributed by atoms with Gasteiger partial charge in [0.2, 0.25) is 5.95 Å². The molecule has 130 valence electrons. The van der Waals surface area contributed by atoms with Crippen LogP contribution in [0.15, 0.2) is 37.1 Å². The second-order valence-electron chi connectivity index (χ2n) is 7.71. The summed E-state index contributed by atoms with van der Waals surface area (Å²) in [6.45, 7) is 2.35. The van der Waals surface area contributed by atoms with Gasteiger partial charge in [-0.3, -0.25) is 4.40 Å². The van der Waals surface area contributed by atoms with Crippen LogP contribution in [0.5, 0.6) is 0 Å². The van der Waals surface area contributed by atoms with E-state index in [9.17, 15) is 0 Å². The SMILES string of the molecule is CC1C[C@@H]2C[C@@H](Nc3ncc4c(-c5ccc6nncn6c5)c[nH]c4n3)C12. The van der Waals surface area contributed by atoms with Crippen molar-refractivity contribution >= 4 is 22.6 Å². The molecule has 4 aromatic heterocycles. The van der Waals surface area contributed by atoms with Crippen LogP contribution in [0.2, 0.25) is 0 Å². The van der Waals surface area contributed by atoms with Gasteiger partial charge >= 0.3 is 0 Å². The van der Waals surface area contributed by atoms with E-state index in [0.717, 1.165) is 51.5 Å². The molecule has 0 amide bonds. The van der Waals surface area contributed by atoms with Gasteiger partial charge in [-0.2, -0.15) is 4.98 Å². The minimum absolute atomic E-state index is 0.534. The van der Waals surface area contributed by atoms with Gasteiger partial charge in [0.25, 0.3) is 0 Å². The topological polar surface area (TPSA) is 83.8 Å². The first-order valence-electron chi connectivity index (χ1n) is 9.17. The fourth-order valence-electron chi connectivity index (χ4n) is 4.85. The molecule has 4 atom stereocenters. The smallest absolute Gasteiger partial charge is 0.224 e. The molecule has 6 rings (SSSR count). The molecule has 2 fully saturated rings. The Hall–Kier alpha value is -2.96. The van der Waals surface area contributed by atoms with E-state index in [-0.39, 0.29) is 0 Å². The summed E-state index contributed by atoms with van der Waals surface area (Å²) >= 11 is 0. The van der Waals surface area contributed by atoms with Crippen LogP contribution in [0.3, 0.4) is 0 Å². The van der Waals surface area contributed by atoms with Gasteiger partial charge in [-0.1, -0.05) is 6.92 Å². The Bertz CT molecular complexity index is 1120. The van der Waals surface area contributed by atoms with E-state index >= 15 is 0 Å². The number of hydrogen-bond donors (Lipinski definition) is 2. The molecule has 2 aliphatic carbocycles. The zero-order valence-electron chi connectivity index (χ0n) is 14.4. The zero-order valence-corrected chi connectivity index (χ0v) is 14.4. The Morgan fingerprint density at radius 2 is 2.23 bits per heavy atom. The molecule has 0 radical (unpaired) electrons. The van der Waals surface area contributed by atoms with E-state index in [2.05, 4.69) is 32.4 Å². The molecule has 2 saturated carbocycles. The molecule has 0 bridgehead atoms. The van der Waals surface area contributed by atoms with Crippen molar-refractivity contribution < 1.29 is 0 Å². The van der Waals surface area contributed by atoms with Crippen LogP contribution in [0.1, 0.15) is 19.8 Å². The average Bonchev–Trinajstić information content (AvgIpc) is 3.25. The van der Waals surface area contributed by atoms with Crippen molar-refractivity contribution in [3.8, 4) is 11.1 Å². The highest BCUT2D eigenvalue weighted by atomic mass is 15.2. The summed E-state index contributed by atoms with van der Waals surface area (Å²) in [4.78, 5) is 12.6. The molecule has 0 spiro atoms. The third-order valence-corrected chi connectivity index (χ3v) is 6.25. The minimum Gasteiger partial charge on any atom is -0.351 e. The second kappa shape index (κ2) is 5.03. The summed E-state index contributed by atoms with van der Waals surface area (Å²) in [6.07, 6.45) is 10.3. The maximum atomic E-state index is 4.69. The van der Waals surface area contributed by atoms with Crippen molar-refractivity contribution in [1.29, 1.82) is 0 Å². The van der Waals surface area contributed by atoms with Crippen molar-refractivity contribution in [1.82, 2.24) is 29.5 Å². The largest absolute Gasteiger partial charge is 0.351 e. The third-order valence-electron chi connectivity index (χ3n) is 6.25. The van der Waals surface area contributed by atoms with E-state index in [1.165, 1.54) is 12.8 Å². The molecule has 2 unspecified atom stereocenters. The van der Waals surface area contributed by atoms with Gasteiger partial charge < -0.3 is 10.3 Å². The van der Waals surface area contributed by atoms with Crippen molar-refractivity contribution in [2.24, 2.45) is 17.8 Å². The quantitative estimate of drug-likeness (QED) is 0.596. The molecule has 2 N–H and O–H groups in total. The van der Waals surface area contributed by atoms with Crippen LogP contribution in [0, 0.1) is 17.8 Å². The number of aromatic nitrogens is 6. The van der Waals surface area contributed by atoms with Crippen LogP contribution < -0.4 is 5.32 Å². The molecule has 26 heavy (non-hydrogen) atoms. The van der Waals surface area contributed by atoms with Gasteiger partial charge in [0.1, 0.15) is 12.0 Å². The molecule has 4 heterocycles. The van der Waals surface area contributed by atoms with Gasteiger partial charge in [-0.05, 0) is 42.7 Å². The number of H-pyrrole nitrogens is 1. The lowest BCUT2D eigenvalue weighted by Gasteiger charge is -2.57. The number of nitrogens with zero attached hydrogens (tertiary/aromatic N) is 5. The second-order valence-corrected chi connectivity index (χ2v) is 7.71. The first kappa shape index (κ1) is 14.2. The van der Waals surface area contributed by atoms with E-state index in [1.807, 2.05) is 35.1 Å². The van der Waals surface area contributed by atoms with E-state index in [1.54, 1.807) is 6.33 Å². The van der Waals surface area contributed by atoms with E-state index in [4.69, 9.17) is 4.98 Å². The predicted octanol–water partition coefficient (Wildman–Crippen LogP) is 3.12. The highest BCUT2D eigenvalue weighted by Crippen LogP contribution is 2.54. The predicted molar refractivity (Wildman–Crippen MR) is 98.7 cm³/mol. The molecule has 2 aliphatic rings. The number of fused-ring (bicyclic) bond motifs is 3. The van der Waals surface area contributed by atoms with Crippen LogP contribution in [-0.4, -0.2) is 35.6 Å². The summed E-state index contributed by atoms with van der Waals surface area (Å²) in [6, 6.07) is 4.54. The van der Waals surface area contributed by atoms with E-state index < -0.39 is 0 Å². The summed E-state index contributed by atoms with van der Waals surface area (Å²) in [5.41, 5.74) is 3.86. The van der Waals surface area contributed by atoms with Gasteiger partial charge in [-0.15, -0.1) is 10.2 Å². The number of pyridine rings is 1. The van der Waals surface area contributed by atoms with Crippen molar-refractivity contribution in [3.63, 3.8) is 0 Å². The Balaban J connectivity index is 1.32. The van der Waals surface area contributed by atoms with Gasteiger partial charge in [-0.25, -0.2) is 4.98 Å². The molecule has 0 aliphatic heterocycles. The fourth-order valence-corrected chi connectivity index (χ4v) is 4.85. The first-order chi connectivity index (χ1) is 12.8. The number of anilines is 1. The third kappa shape index (κ3) is 1.94. The van der Waals surface area contributed by atoms with Crippen LogP contribution in [0.4, 0.5) is 5.95 Å². The zero-order chi connectivity index (χ0) is 17.3. The summed E-state index contributed by atoms with van der Waals surface area (Å²) in [5.74, 6) is 3.29. The summed E-state index contributed by atoms with van der Waals surface area (Å²) in [5, 5.41) is 12.5. The van der Waals surface area contributed by atoms with Crippen molar-refractivity contribution in [3.05, 3.63) is 37.1 Å². The fraction of sp³-hybridized carbons (Fsp3) is 0.368. The average molecular weight is 345 g/mol. The maximum Gasteiger partial charge on any atom is 0.224 e. The Kier molecular flexibility index (Phi) is 2.75. The molecular weight excluding hydrogens is 326 g/mol. The van der Waals surface area contributed by atoms with Crippen LogP contribution in [-0.2, 0) is 0 Å². The van der Waals surface area contributed by atoms with Gasteiger partial charge in [0, 0.05) is 41.1 Å². The highest BCUT2D eigenvalue weighted by Gasteiger charge is 2.52. The molecule has 0 aromatic carbocycles. The molecule has 0 saturated heterocycles. The standard InChI is InChI=1S/C19H19N7/c1-10-4-12-5-15(17(10)12)23-19-21-7-14-13(6-20-18(14)24-19)11-2-3-16-25-22-9-26(16)8-11/h2-3,6-10,12,15,17H,4-5H2,1H3,(H2,20,21,23,24)/t10?,12-,15-,17?/m1/s1. The van der Waals surface area contributed by atoms with E-state index in [0.29, 0.717) is 6.04 Å². The Morgan fingerprint density at radius 1 is 1.27 bits per heavy atom. The number of nitrogens with one attached hydrogen (secondary N) is 2. The monoisotopic (exact) mass is 345 g/mol. The lowest BCUT2D eigenvalue weighted by atomic mass is 9.51. The minimum atomic E-state index is 0.534. The maximum absolute atomic E-state index is 4.69. The van der Waals surface area contributed by atoms with Crippen molar-refractivity contribution in [2.75, 3.05) is 5.32 Å². The number of aromatic amines is 1. The van der Waals surface area contributed by atoms with Gasteiger partial charge in [0.05, 0.1) is 0 Å². The van der Waals surface area contributed by atoms with Crippen LogP contribution in [0.25, 0.3) is 27.8 Å². The molecular formula is C19H19N7. The van der Waals surface area contributed by atoms with Crippen LogP contribution >= 0.6 is 0 Å². The molecule has 4 aromatic rings. The normalized spacial score (nSPS) is 27.1. The first-order valence-corrected chi connectivity index (χ1v) is 9.17. The Labute approximate surface area is 149 Å². The summed E-state index contributed by atoms with van der Waals surface area (Å²) in [7, 11) is 0. The lowest BCUT2D eigenvalue weighted by molar-refractivity contribution is -0.0288. The Morgan fingerprint density at radius 3 is 3.12 bits per heavy atom. The lowest BCUT2D eigenvalue weighted by Crippen LogP contribution is -2.57. The molecule has 7 nitrogen and oxygen atoms in total. The van der Waals surface area contributed by atoms with Gasteiger partial charge in [0.15, 0.2) is 5.65 Å². The van der Waals surface area contributed by atoms with Crippen molar-refractivity contribution in [2.45, 2.75) is 25.8 Å². The molecule has 7 heteroatoms. The highest BCUT2D eigenvalue weighted by molar-refractivity contribution is 5.93. The number of rotatable bonds is 3. The summed E-state index contributed by atoms with van der Waals surface area (Å²) < 4.78 is 1.91. The number of hydrogen-bond acceptors (Lipinski definition) is 5.